The highest BCUT2D eigenvalue weighted by Crippen LogP contribution is 2.54. The number of carbonyl (C=O) groups excluding carboxylic acids is 4. The van der Waals surface area contributed by atoms with Crippen LogP contribution in [-0.2, 0) is 31.8 Å². The summed E-state index contributed by atoms with van der Waals surface area (Å²) in [5.41, 5.74) is 0.0198. The number of anilines is 2. The highest BCUT2D eigenvalue weighted by molar-refractivity contribution is 8.00. The number of benzene rings is 3. The first-order valence-corrected chi connectivity index (χ1v) is 16.3. The van der Waals surface area contributed by atoms with Gasteiger partial charge in [-0.3, -0.25) is 23.7 Å². The zero-order valence-electron chi connectivity index (χ0n) is 25.3. The van der Waals surface area contributed by atoms with Crippen molar-refractivity contribution in [2.75, 3.05) is 23.9 Å². The molecule has 3 heterocycles. The minimum atomic E-state index is -4.70. The van der Waals surface area contributed by atoms with Crippen LogP contribution in [0.2, 0.25) is 0 Å². The molecule has 3 unspecified atom stereocenters. The standard InChI is InChI=1S/C33H26F3N3O7S2/c1-3-46-31(43)18-7-11-20(12-8-18)37-23(40)16-38-30-27(48-32(38)44)24(17-9-13-22(45-2)14-10-17)25-26(47-30)29(42)39(28(25)41)21-6-4-5-19(15-21)33(34,35)36/h4-15,24-26H,3,16H2,1-2H3,(H,37,40). The molecule has 1 aromatic heterocycles. The molecule has 3 aromatic carbocycles. The van der Waals surface area contributed by atoms with Crippen LogP contribution >= 0.6 is 23.1 Å². The van der Waals surface area contributed by atoms with Crippen LogP contribution in [0.3, 0.4) is 0 Å². The Morgan fingerprint density at radius 1 is 0.958 bits per heavy atom. The SMILES string of the molecule is CCOC(=O)c1ccc(NC(=O)Cn2c3c(sc2=O)C(c2ccc(OC)cc2)C2C(=O)N(c4cccc(C(F)(F)F)c4)C(=O)C2S3)cc1. The molecule has 0 spiro atoms. The summed E-state index contributed by atoms with van der Waals surface area (Å²) in [5.74, 6) is -3.84. The number of nitrogens with zero attached hydrogens (tertiary/aromatic N) is 2. The molecular formula is C33H26F3N3O7S2. The minimum Gasteiger partial charge on any atom is -0.497 e. The Balaban J connectivity index is 1.35. The summed E-state index contributed by atoms with van der Waals surface area (Å²) in [7, 11) is 1.48. The Labute approximate surface area is 279 Å². The van der Waals surface area contributed by atoms with Gasteiger partial charge in [-0.1, -0.05) is 41.3 Å². The number of alkyl halides is 3. The van der Waals surface area contributed by atoms with Crippen LogP contribution in [0.25, 0.3) is 0 Å². The van der Waals surface area contributed by atoms with Gasteiger partial charge in [-0.15, -0.1) is 0 Å². The molecule has 3 amide bonds. The lowest BCUT2D eigenvalue weighted by Crippen LogP contribution is -2.33. The molecule has 248 valence electrons. The van der Waals surface area contributed by atoms with Crippen LogP contribution in [0.15, 0.2) is 82.6 Å². The number of hydrogen-bond donors (Lipinski definition) is 1. The number of nitrogens with one attached hydrogen (secondary N) is 1. The van der Waals surface area contributed by atoms with Crippen molar-refractivity contribution in [3.8, 4) is 5.75 Å². The van der Waals surface area contributed by atoms with Crippen molar-refractivity contribution in [3.63, 3.8) is 0 Å². The molecule has 4 aromatic rings. The van der Waals surface area contributed by atoms with Gasteiger partial charge in [0.15, 0.2) is 0 Å². The summed E-state index contributed by atoms with van der Waals surface area (Å²) in [6.07, 6.45) is -4.70. The van der Waals surface area contributed by atoms with Crippen LogP contribution < -0.4 is 19.8 Å². The number of halogens is 3. The fraction of sp³-hybridized carbons (Fsp3) is 0.242. The van der Waals surface area contributed by atoms with Gasteiger partial charge in [0, 0.05) is 16.5 Å². The molecule has 6 rings (SSSR count). The van der Waals surface area contributed by atoms with Gasteiger partial charge in [0.1, 0.15) is 17.5 Å². The van der Waals surface area contributed by atoms with E-state index < -0.39 is 63.9 Å². The molecule has 15 heteroatoms. The molecule has 0 saturated carbocycles. The Morgan fingerprint density at radius 2 is 1.67 bits per heavy atom. The maximum Gasteiger partial charge on any atom is 0.416 e. The molecule has 3 atom stereocenters. The first-order chi connectivity index (χ1) is 22.9. The minimum absolute atomic E-state index is 0.207. The molecule has 1 N–H and O–H groups in total. The van der Waals surface area contributed by atoms with Gasteiger partial charge in [-0.2, -0.15) is 13.2 Å². The van der Waals surface area contributed by atoms with E-state index in [1.165, 1.54) is 42.0 Å². The van der Waals surface area contributed by atoms with Crippen LogP contribution in [0, 0.1) is 5.92 Å². The fourth-order valence-electron chi connectivity index (χ4n) is 5.75. The van der Waals surface area contributed by atoms with Gasteiger partial charge in [-0.05, 0) is 67.1 Å². The average Bonchev–Trinajstić information content (AvgIpc) is 3.51. The molecule has 1 fully saturated rings. The Kier molecular flexibility index (Phi) is 8.92. The van der Waals surface area contributed by atoms with Gasteiger partial charge in [0.05, 0.1) is 41.5 Å². The summed E-state index contributed by atoms with van der Waals surface area (Å²) in [5, 5.41) is 1.91. The molecule has 48 heavy (non-hydrogen) atoms. The van der Waals surface area contributed by atoms with E-state index in [9.17, 15) is 37.1 Å². The van der Waals surface area contributed by atoms with Crippen molar-refractivity contribution in [1.29, 1.82) is 0 Å². The maximum absolute atomic E-state index is 14.0. The Morgan fingerprint density at radius 3 is 2.31 bits per heavy atom. The number of hydrogen-bond acceptors (Lipinski definition) is 9. The molecule has 0 radical (unpaired) electrons. The summed E-state index contributed by atoms with van der Waals surface area (Å²) >= 11 is 1.78. The zero-order valence-corrected chi connectivity index (χ0v) is 26.9. The number of ether oxygens (including phenoxy) is 2. The smallest absolute Gasteiger partial charge is 0.416 e. The lowest BCUT2D eigenvalue weighted by molar-refractivity contribution is -0.137. The summed E-state index contributed by atoms with van der Waals surface area (Å²) in [6, 6.07) is 16.7. The van der Waals surface area contributed by atoms with Crippen molar-refractivity contribution < 1.29 is 41.8 Å². The van der Waals surface area contributed by atoms with E-state index in [-0.39, 0.29) is 12.3 Å². The van der Waals surface area contributed by atoms with Gasteiger partial charge < -0.3 is 14.8 Å². The second kappa shape index (κ2) is 13.0. The van der Waals surface area contributed by atoms with Crippen molar-refractivity contribution in [2.24, 2.45) is 5.92 Å². The normalized spacial score (nSPS) is 18.7. The summed E-state index contributed by atoms with van der Waals surface area (Å²) in [6.45, 7) is 1.46. The number of amides is 3. The molecular weight excluding hydrogens is 672 g/mol. The number of rotatable bonds is 8. The molecule has 1 saturated heterocycles. The number of carbonyl (C=O) groups is 4. The second-order valence-corrected chi connectivity index (χ2v) is 13.0. The van der Waals surface area contributed by atoms with Gasteiger partial charge in [0.2, 0.25) is 17.7 Å². The van der Waals surface area contributed by atoms with Crippen LogP contribution in [0.4, 0.5) is 24.5 Å². The predicted octanol–water partition coefficient (Wildman–Crippen LogP) is 5.55. The van der Waals surface area contributed by atoms with Crippen LogP contribution in [-0.4, -0.2) is 47.2 Å². The van der Waals surface area contributed by atoms with E-state index in [4.69, 9.17) is 9.47 Å². The summed E-state index contributed by atoms with van der Waals surface area (Å²) < 4.78 is 52.1. The molecule has 2 aliphatic rings. The molecule has 2 aliphatic heterocycles. The van der Waals surface area contributed by atoms with E-state index in [1.807, 2.05) is 0 Å². The van der Waals surface area contributed by atoms with E-state index in [0.717, 1.165) is 46.2 Å². The largest absolute Gasteiger partial charge is 0.497 e. The maximum atomic E-state index is 14.0. The summed E-state index contributed by atoms with van der Waals surface area (Å²) in [4.78, 5) is 67.1. The number of methoxy groups -OCH3 is 1. The first kappa shape index (κ1) is 33.0. The van der Waals surface area contributed by atoms with Gasteiger partial charge in [0.25, 0.3) is 0 Å². The number of aromatic nitrogens is 1. The topological polar surface area (TPSA) is 124 Å². The third-order valence-corrected chi connectivity index (χ3v) is 10.5. The zero-order chi connectivity index (χ0) is 34.3. The van der Waals surface area contributed by atoms with Crippen molar-refractivity contribution in [3.05, 3.63) is 104 Å². The van der Waals surface area contributed by atoms with Crippen molar-refractivity contribution >= 4 is 58.2 Å². The Bertz CT molecular complexity index is 1970. The van der Waals surface area contributed by atoms with E-state index in [0.29, 0.717) is 32.5 Å². The number of imide groups is 1. The van der Waals surface area contributed by atoms with Crippen molar-refractivity contribution in [2.45, 2.75) is 35.8 Å². The lowest BCUT2D eigenvalue weighted by Gasteiger charge is -2.30. The van der Waals surface area contributed by atoms with Crippen molar-refractivity contribution in [1.82, 2.24) is 4.57 Å². The second-order valence-electron chi connectivity index (χ2n) is 10.8. The van der Waals surface area contributed by atoms with Gasteiger partial charge in [-0.25, -0.2) is 9.69 Å². The fourth-order valence-corrected chi connectivity index (χ4v) is 8.52. The highest BCUT2D eigenvalue weighted by atomic mass is 32.2. The van der Waals surface area contributed by atoms with Crippen LogP contribution in [0.1, 0.15) is 39.2 Å². The Hall–Kier alpha value is -4.89. The number of esters is 1. The predicted molar refractivity (Wildman–Crippen MR) is 172 cm³/mol. The number of thiazole rings is 1. The first-order valence-electron chi connectivity index (χ1n) is 14.6. The van der Waals surface area contributed by atoms with E-state index >= 15 is 0 Å². The monoisotopic (exact) mass is 697 g/mol. The average molecular weight is 698 g/mol. The number of fused-ring (bicyclic) bond motifs is 2. The lowest BCUT2D eigenvalue weighted by atomic mass is 9.83. The third-order valence-electron chi connectivity index (χ3n) is 7.94. The van der Waals surface area contributed by atoms with E-state index in [2.05, 4.69) is 5.32 Å². The molecule has 10 nitrogen and oxygen atoms in total. The third kappa shape index (κ3) is 6.10. The van der Waals surface area contributed by atoms with E-state index in [1.54, 1.807) is 31.2 Å². The van der Waals surface area contributed by atoms with Gasteiger partial charge >= 0.3 is 17.0 Å². The number of thioether (sulfide) groups is 1. The van der Waals surface area contributed by atoms with Crippen LogP contribution in [0.5, 0.6) is 5.75 Å². The molecule has 0 aliphatic carbocycles. The quantitative estimate of drug-likeness (QED) is 0.188. The highest BCUT2D eigenvalue weighted by Gasteiger charge is 2.57. The molecule has 0 bridgehead atoms.